The molecule has 2 heterocycles. The number of rotatable bonds is 5. The Balaban J connectivity index is 1.75. The summed E-state index contributed by atoms with van der Waals surface area (Å²) < 4.78 is 7.24. The summed E-state index contributed by atoms with van der Waals surface area (Å²) in [6.45, 7) is 1.01. The van der Waals surface area contributed by atoms with E-state index in [1.54, 1.807) is 18.2 Å². The zero-order valence-electron chi connectivity index (χ0n) is 13.2. The fraction of sp³-hybridized carbons (Fsp3) is 0.333. The van der Waals surface area contributed by atoms with Crippen molar-refractivity contribution in [2.75, 3.05) is 13.2 Å². The second-order valence-corrected chi connectivity index (χ2v) is 5.91. The van der Waals surface area contributed by atoms with Gasteiger partial charge in [0.05, 0.1) is 6.61 Å². The third-order valence-electron chi connectivity index (χ3n) is 4.23. The van der Waals surface area contributed by atoms with Gasteiger partial charge in [-0.25, -0.2) is 4.79 Å². The van der Waals surface area contributed by atoms with Gasteiger partial charge in [-0.3, -0.25) is 4.79 Å². The molecule has 1 amide bonds. The van der Waals surface area contributed by atoms with Gasteiger partial charge >= 0.3 is 5.97 Å². The number of hydrogen-bond acceptors (Lipinski definition) is 3. The summed E-state index contributed by atoms with van der Waals surface area (Å²) in [5.74, 6) is -1.62. The van der Waals surface area contributed by atoms with Crippen LogP contribution in [0.25, 0.3) is 5.69 Å². The van der Waals surface area contributed by atoms with Gasteiger partial charge in [0.2, 0.25) is 0 Å². The highest BCUT2D eigenvalue weighted by molar-refractivity contribution is 5.97. The Kier molecular flexibility index (Phi) is 4.96. The molecule has 24 heavy (non-hydrogen) atoms. The molecule has 6 heteroatoms. The van der Waals surface area contributed by atoms with E-state index in [0.29, 0.717) is 18.8 Å². The van der Waals surface area contributed by atoms with Crippen LogP contribution in [0.1, 0.15) is 23.2 Å². The Labute approximate surface area is 140 Å². The fourth-order valence-corrected chi connectivity index (χ4v) is 2.95. The first kappa shape index (κ1) is 16.3. The third kappa shape index (κ3) is 3.65. The fourth-order valence-electron chi connectivity index (χ4n) is 2.95. The van der Waals surface area contributed by atoms with Crippen LogP contribution in [0.4, 0.5) is 0 Å². The van der Waals surface area contributed by atoms with E-state index < -0.39 is 12.0 Å². The molecule has 3 rings (SSSR count). The lowest BCUT2D eigenvalue weighted by Gasteiger charge is -2.28. The van der Waals surface area contributed by atoms with Crippen molar-refractivity contribution >= 4 is 11.9 Å². The van der Waals surface area contributed by atoms with Crippen LogP contribution in [-0.4, -0.2) is 40.8 Å². The number of ether oxygens (including phenoxy) is 1. The van der Waals surface area contributed by atoms with Gasteiger partial charge in [0.15, 0.2) is 0 Å². The number of benzene rings is 1. The normalized spacial score (nSPS) is 18.8. The SMILES string of the molecule is O=C(N[C@@H](C(=O)O)[C@@H]1CCCOC1)c1cccc(-n2cccc2)c1. The molecule has 0 radical (unpaired) electrons. The molecule has 0 spiro atoms. The lowest BCUT2D eigenvalue weighted by atomic mass is 9.93. The molecular weight excluding hydrogens is 308 g/mol. The number of amides is 1. The number of hydrogen-bond donors (Lipinski definition) is 2. The van der Waals surface area contributed by atoms with Gasteiger partial charge in [-0.1, -0.05) is 6.07 Å². The minimum Gasteiger partial charge on any atom is -0.480 e. The molecule has 1 fully saturated rings. The van der Waals surface area contributed by atoms with Crippen LogP contribution in [0.3, 0.4) is 0 Å². The molecule has 0 saturated carbocycles. The maximum atomic E-state index is 12.5. The van der Waals surface area contributed by atoms with E-state index in [9.17, 15) is 14.7 Å². The van der Waals surface area contributed by atoms with Crippen LogP contribution in [-0.2, 0) is 9.53 Å². The summed E-state index contributed by atoms with van der Waals surface area (Å²) in [7, 11) is 0. The minimum atomic E-state index is -1.03. The number of nitrogens with one attached hydrogen (secondary N) is 1. The predicted molar refractivity (Wildman–Crippen MR) is 88.2 cm³/mol. The van der Waals surface area contributed by atoms with E-state index in [1.165, 1.54) is 0 Å². The second-order valence-electron chi connectivity index (χ2n) is 5.91. The highest BCUT2D eigenvalue weighted by atomic mass is 16.5. The van der Waals surface area contributed by atoms with Gasteiger partial charge in [0, 0.05) is 36.2 Å². The summed E-state index contributed by atoms with van der Waals surface area (Å²) >= 11 is 0. The van der Waals surface area contributed by atoms with Gasteiger partial charge in [0.25, 0.3) is 5.91 Å². The largest absolute Gasteiger partial charge is 0.480 e. The number of carboxylic acids is 1. The molecule has 1 aliphatic heterocycles. The number of carbonyl (C=O) groups is 2. The predicted octanol–water partition coefficient (Wildman–Crippen LogP) is 2.09. The summed E-state index contributed by atoms with van der Waals surface area (Å²) in [6, 6.07) is 9.95. The number of aromatic nitrogens is 1. The highest BCUT2D eigenvalue weighted by Crippen LogP contribution is 2.19. The Bertz CT molecular complexity index is 706. The van der Waals surface area contributed by atoms with Crippen molar-refractivity contribution in [2.45, 2.75) is 18.9 Å². The highest BCUT2D eigenvalue weighted by Gasteiger charge is 2.31. The number of nitrogens with zero attached hydrogens (tertiary/aromatic N) is 1. The van der Waals surface area contributed by atoms with Crippen molar-refractivity contribution in [3.63, 3.8) is 0 Å². The van der Waals surface area contributed by atoms with Crippen molar-refractivity contribution in [1.29, 1.82) is 0 Å². The minimum absolute atomic E-state index is 0.201. The molecule has 1 aliphatic rings. The standard InChI is InChI=1S/C18H20N2O4/c21-17(19-16(18(22)23)14-6-4-10-24-12-14)13-5-3-7-15(11-13)20-8-1-2-9-20/h1-3,5,7-9,11,14,16H,4,6,10,12H2,(H,19,21)(H,22,23)/t14-,16-/m1/s1. The summed E-state index contributed by atoms with van der Waals surface area (Å²) in [4.78, 5) is 24.0. The first-order chi connectivity index (χ1) is 11.6. The Morgan fingerprint density at radius 1 is 1.25 bits per heavy atom. The van der Waals surface area contributed by atoms with Crippen molar-refractivity contribution < 1.29 is 19.4 Å². The third-order valence-corrected chi connectivity index (χ3v) is 4.23. The first-order valence-corrected chi connectivity index (χ1v) is 8.00. The number of aliphatic carboxylic acids is 1. The molecule has 1 saturated heterocycles. The van der Waals surface area contributed by atoms with Crippen LogP contribution in [0.2, 0.25) is 0 Å². The van der Waals surface area contributed by atoms with Gasteiger partial charge < -0.3 is 19.7 Å². The van der Waals surface area contributed by atoms with Crippen LogP contribution in [0, 0.1) is 5.92 Å². The molecule has 2 atom stereocenters. The maximum Gasteiger partial charge on any atom is 0.326 e. The molecule has 6 nitrogen and oxygen atoms in total. The van der Waals surface area contributed by atoms with Gasteiger partial charge in [0.1, 0.15) is 6.04 Å². The van der Waals surface area contributed by atoms with Crippen LogP contribution >= 0.6 is 0 Å². The van der Waals surface area contributed by atoms with Gasteiger partial charge in [-0.2, -0.15) is 0 Å². The Morgan fingerprint density at radius 2 is 2.04 bits per heavy atom. The molecule has 2 N–H and O–H groups in total. The molecule has 0 bridgehead atoms. The van der Waals surface area contributed by atoms with Crippen LogP contribution < -0.4 is 5.32 Å². The molecule has 1 aromatic carbocycles. The van der Waals surface area contributed by atoms with Crippen molar-refractivity contribution in [1.82, 2.24) is 9.88 Å². The monoisotopic (exact) mass is 328 g/mol. The van der Waals surface area contributed by atoms with Crippen molar-refractivity contribution in [3.8, 4) is 5.69 Å². The molecule has 126 valence electrons. The van der Waals surface area contributed by atoms with E-state index >= 15 is 0 Å². The molecule has 0 unspecified atom stereocenters. The quantitative estimate of drug-likeness (QED) is 0.881. The topological polar surface area (TPSA) is 80.6 Å². The zero-order valence-corrected chi connectivity index (χ0v) is 13.2. The molecular formula is C18H20N2O4. The molecule has 2 aromatic rings. The zero-order chi connectivity index (χ0) is 16.9. The Hall–Kier alpha value is -2.60. The lowest BCUT2D eigenvalue weighted by molar-refractivity contribution is -0.142. The maximum absolute atomic E-state index is 12.5. The summed E-state index contributed by atoms with van der Waals surface area (Å²) in [5, 5.41) is 12.1. The van der Waals surface area contributed by atoms with E-state index in [1.807, 2.05) is 35.2 Å². The van der Waals surface area contributed by atoms with Gasteiger partial charge in [-0.05, 0) is 43.2 Å². The second kappa shape index (κ2) is 7.31. The molecule has 1 aromatic heterocycles. The average Bonchev–Trinajstić information content (AvgIpc) is 3.15. The van der Waals surface area contributed by atoms with Crippen LogP contribution in [0.5, 0.6) is 0 Å². The van der Waals surface area contributed by atoms with Crippen molar-refractivity contribution in [2.24, 2.45) is 5.92 Å². The first-order valence-electron chi connectivity index (χ1n) is 8.00. The van der Waals surface area contributed by atoms with E-state index in [-0.39, 0.29) is 11.8 Å². The number of carboxylic acid groups (broad SMARTS) is 1. The average molecular weight is 328 g/mol. The molecule has 0 aliphatic carbocycles. The van der Waals surface area contributed by atoms with Crippen LogP contribution in [0.15, 0.2) is 48.8 Å². The lowest BCUT2D eigenvalue weighted by Crippen LogP contribution is -2.48. The van der Waals surface area contributed by atoms with E-state index in [2.05, 4.69) is 5.32 Å². The number of carbonyl (C=O) groups excluding carboxylic acids is 1. The smallest absolute Gasteiger partial charge is 0.326 e. The van der Waals surface area contributed by atoms with Gasteiger partial charge in [-0.15, -0.1) is 0 Å². The summed E-state index contributed by atoms with van der Waals surface area (Å²) in [5.41, 5.74) is 1.28. The summed E-state index contributed by atoms with van der Waals surface area (Å²) in [6.07, 6.45) is 5.32. The van der Waals surface area contributed by atoms with E-state index in [4.69, 9.17) is 4.74 Å². The van der Waals surface area contributed by atoms with E-state index in [0.717, 1.165) is 18.5 Å². The van der Waals surface area contributed by atoms with Crippen molar-refractivity contribution in [3.05, 3.63) is 54.4 Å². The Morgan fingerprint density at radius 3 is 2.71 bits per heavy atom.